The zero-order chi connectivity index (χ0) is 11.1. The molecule has 84 valence electrons. The lowest BCUT2D eigenvalue weighted by Crippen LogP contribution is -2.61. The van der Waals surface area contributed by atoms with Crippen LogP contribution in [0.2, 0.25) is 0 Å². The molecule has 4 heteroatoms. The van der Waals surface area contributed by atoms with E-state index in [1.165, 1.54) is 0 Å². The highest BCUT2D eigenvalue weighted by molar-refractivity contribution is 9.09. The number of carboxylic acids is 1. The Hall–Kier alpha value is -0.0900. The van der Waals surface area contributed by atoms with Crippen LogP contribution in [0.4, 0.5) is 0 Å². The summed E-state index contributed by atoms with van der Waals surface area (Å²) in [5.74, 6) is -0.632. The van der Waals surface area contributed by atoms with Gasteiger partial charge in [0.15, 0.2) is 0 Å². The lowest BCUT2D eigenvalue weighted by atomic mass is 9.66. The molecule has 15 heavy (non-hydrogen) atoms. The van der Waals surface area contributed by atoms with Gasteiger partial charge in [-0.2, -0.15) is 0 Å². The van der Waals surface area contributed by atoms with Gasteiger partial charge in [-0.25, -0.2) is 0 Å². The third kappa shape index (κ3) is 0.705. The Morgan fingerprint density at radius 3 is 2.60 bits per heavy atom. The van der Waals surface area contributed by atoms with Gasteiger partial charge in [-0.3, -0.25) is 0 Å². The maximum Gasteiger partial charge on any atom is 0.126 e. The summed E-state index contributed by atoms with van der Waals surface area (Å²) in [5, 5.41) is 11.5. The molecule has 1 heterocycles. The molecule has 3 rings (SSSR count). The number of ether oxygens (including phenoxy) is 1. The highest BCUT2D eigenvalue weighted by Gasteiger charge is 2.80. The summed E-state index contributed by atoms with van der Waals surface area (Å²) < 4.78 is 5.64. The largest absolute Gasteiger partial charge is 0.547 e. The number of carbonyl (C=O) groups is 1. The highest BCUT2D eigenvalue weighted by Crippen LogP contribution is 2.76. The zero-order valence-corrected chi connectivity index (χ0v) is 10.5. The minimum Gasteiger partial charge on any atom is -0.547 e. The molecular formula is C11H14BrO3-. The van der Waals surface area contributed by atoms with Gasteiger partial charge in [-0.1, -0.05) is 29.8 Å². The molecule has 5 atom stereocenters. The molecule has 0 spiro atoms. The Balaban J connectivity index is 2.23. The van der Waals surface area contributed by atoms with E-state index in [9.17, 15) is 9.90 Å². The van der Waals surface area contributed by atoms with Crippen LogP contribution in [0.1, 0.15) is 26.7 Å². The smallest absolute Gasteiger partial charge is 0.126 e. The predicted molar refractivity (Wildman–Crippen MR) is 55.3 cm³/mol. The van der Waals surface area contributed by atoms with Crippen LogP contribution in [0.15, 0.2) is 0 Å². The second kappa shape index (κ2) is 2.43. The van der Waals surface area contributed by atoms with Gasteiger partial charge in [0.25, 0.3) is 0 Å². The molecule has 0 N–H and O–H groups in total. The first-order valence-electron chi connectivity index (χ1n) is 5.40. The first-order chi connectivity index (χ1) is 6.90. The summed E-state index contributed by atoms with van der Waals surface area (Å²) >= 11 is 3.53. The average molecular weight is 274 g/mol. The van der Waals surface area contributed by atoms with Gasteiger partial charge in [0, 0.05) is 10.8 Å². The number of carboxylic acid groups (broad SMARTS) is 1. The fraction of sp³-hybridized carbons (Fsp3) is 0.909. The summed E-state index contributed by atoms with van der Waals surface area (Å²) in [6, 6.07) is 0. The number of halogens is 1. The summed E-state index contributed by atoms with van der Waals surface area (Å²) in [6.45, 7) is 4.78. The molecule has 2 saturated carbocycles. The second-order valence-corrected chi connectivity index (χ2v) is 6.59. The number of carbonyl (C=O) groups excluding carboxylic acids is 1. The first kappa shape index (κ1) is 10.1. The molecule has 2 aliphatic carbocycles. The summed E-state index contributed by atoms with van der Waals surface area (Å²) in [6.07, 6.45) is 2.03. The van der Waals surface area contributed by atoms with Gasteiger partial charge in [-0.15, -0.1) is 0 Å². The van der Waals surface area contributed by atoms with Crippen molar-refractivity contribution in [1.29, 1.82) is 0 Å². The lowest BCUT2D eigenvalue weighted by Gasteiger charge is -2.45. The van der Waals surface area contributed by atoms with Gasteiger partial charge in [0.2, 0.25) is 0 Å². The average Bonchev–Trinajstić information content (AvgIpc) is 2.57. The molecule has 1 saturated heterocycles. The van der Waals surface area contributed by atoms with Crippen LogP contribution in [0.25, 0.3) is 0 Å². The molecule has 0 amide bonds. The van der Waals surface area contributed by atoms with Gasteiger partial charge >= 0.3 is 0 Å². The molecule has 0 aromatic heterocycles. The van der Waals surface area contributed by atoms with E-state index in [1.807, 2.05) is 0 Å². The van der Waals surface area contributed by atoms with E-state index in [4.69, 9.17) is 4.74 Å². The topological polar surface area (TPSA) is 49.4 Å². The molecule has 4 bridgehead atoms. The summed E-state index contributed by atoms with van der Waals surface area (Å²) in [5.41, 5.74) is -1.36. The van der Waals surface area contributed by atoms with E-state index >= 15 is 0 Å². The molecule has 1 aliphatic heterocycles. The van der Waals surface area contributed by atoms with E-state index in [0.29, 0.717) is 12.5 Å². The second-order valence-electron chi connectivity index (χ2n) is 5.61. The Morgan fingerprint density at radius 1 is 1.53 bits per heavy atom. The van der Waals surface area contributed by atoms with Crippen molar-refractivity contribution in [3.63, 3.8) is 0 Å². The van der Waals surface area contributed by atoms with E-state index in [2.05, 4.69) is 29.8 Å². The van der Waals surface area contributed by atoms with Crippen LogP contribution in [0.5, 0.6) is 0 Å². The third-order valence-electron chi connectivity index (χ3n) is 5.50. The molecule has 3 nitrogen and oxygen atoms in total. The third-order valence-corrected chi connectivity index (χ3v) is 6.78. The number of aliphatic carboxylic acids is 1. The van der Waals surface area contributed by atoms with Crippen molar-refractivity contribution in [1.82, 2.24) is 0 Å². The van der Waals surface area contributed by atoms with Crippen LogP contribution in [-0.2, 0) is 9.53 Å². The van der Waals surface area contributed by atoms with Crippen LogP contribution in [0, 0.1) is 16.7 Å². The number of hydrogen-bond donors (Lipinski definition) is 0. The quantitative estimate of drug-likeness (QED) is 0.661. The lowest BCUT2D eigenvalue weighted by molar-refractivity contribution is -0.331. The van der Waals surface area contributed by atoms with Crippen molar-refractivity contribution >= 4 is 21.9 Å². The number of rotatable bonds is 1. The van der Waals surface area contributed by atoms with Crippen molar-refractivity contribution in [3.8, 4) is 0 Å². The fourth-order valence-electron chi connectivity index (χ4n) is 4.29. The van der Waals surface area contributed by atoms with Gasteiger partial charge in [0.05, 0.1) is 17.4 Å². The monoisotopic (exact) mass is 273 g/mol. The highest BCUT2D eigenvalue weighted by atomic mass is 79.9. The van der Waals surface area contributed by atoms with Crippen molar-refractivity contribution in [2.24, 2.45) is 16.7 Å². The van der Waals surface area contributed by atoms with Gasteiger partial charge in [0.1, 0.15) is 5.60 Å². The Morgan fingerprint density at radius 2 is 2.20 bits per heavy atom. The fourth-order valence-corrected chi connectivity index (χ4v) is 5.96. The van der Waals surface area contributed by atoms with Crippen molar-refractivity contribution < 1.29 is 14.6 Å². The molecule has 0 aromatic carbocycles. The van der Waals surface area contributed by atoms with Crippen LogP contribution in [-0.4, -0.2) is 23.0 Å². The molecule has 0 radical (unpaired) electrons. The molecule has 0 aromatic rings. The summed E-state index contributed by atoms with van der Waals surface area (Å²) in [7, 11) is 0. The maximum atomic E-state index is 11.5. The Labute approximate surface area is 97.3 Å². The van der Waals surface area contributed by atoms with Crippen LogP contribution >= 0.6 is 15.9 Å². The Bertz CT molecular complexity index is 358. The van der Waals surface area contributed by atoms with Crippen LogP contribution in [0.3, 0.4) is 0 Å². The number of alkyl halides is 1. The van der Waals surface area contributed by atoms with E-state index < -0.39 is 11.6 Å². The van der Waals surface area contributed by atoms with Crippen molar-refractivity contribution in [2.45, 2.75) is 37.1 Å². The Kier molecular flexibility index (Phi) is 1.63. The first-order valence-corrected chi connectivity index (χ1v) is 6.31. The minimum atomic E-state index is -1.09. The number of hydrogen-bond acceptors (Lipinski definition) is 3. The van der Waals surface area contributed by atoms with E-state index in [1.54, 1.807) is 0 Å². The van der Waals surface area contributed by atoms with Crippen LogP contribution < -0.4 is 5.11 Å². The minimum absolute atomic E-state index is 0.00123. The maximum absolute atomic E-state index is 11.5. The van der Waals surface area contributed by atoms with Gasteiger partial charge in [-0.05, 0) is 18.8 Å². The summed E-state index contributed by atoms with van der Waals surface area (Å²) in [4.78, 5) is 11.4. The molecule has 3 fully saturated rings. The van der Waals surface area contributed by atoms with E-state index in [-0.39, 0.29) is 15.7 Å². The molecular weight excluding hydrogens is 260 g/mol. The van der Waals surface area contributed by atoms with Crippen molar-refractivity contribution in [3.05, 3.63) is 0 Å². The van der Waals surface area contributed by atoms with Crippen molar-refractivity contribution in [2.75, 3.05) is 6.61 Å². The zero-order valence-electron chi connectivity index (χ0n) is 8.88. The molecule has 3 aliphatic rings. The normalized spacial score (nSPS) is 61.3. The standard InChI is InChI=1S/C11H15BrO3/c1-9-5-15-11(8(13)14)7(12)6(9)3-4-10(9,11)2/h6-7H,3-5H2,1-2H3,(H,13,14)/p-1/t6-,7+,9-,10+,11-/m0/s1. The molecule has 0 unspecified atom stereocenters. The van der Waals surface area contributed by atoms with E-state index in [0.717, 1.165) is 12.8 Å². The predicted octanol–water partition coefficient (Wildman–Crippen LogP) is 0.705. The SMILES string of the molecule is C[C@]12CC[C@H]3[C@@H](Br)[C@@]1(C(=O)[O-])OC[C@@]32C. The van der Waals surface area contributed by atoms with Gasteiger partial charge < -0.3 is 14.6 Å².